The maximum atomic E-state index is 12.7. The van der Waals surface area contributed by atoms with E-state index in [1.54, 1.807) is 7.11 Å². The molecular weight excluding hydrogens is 278 g/mol. The van der Waals surface area contributed by atoms with Gasteiger partial charge in [0.1, 0.15) is 11.4 Å². The van der Waals surface area contributed by atoms with E-state index in [1.807, 2.05) is 24.3 Å². The zero-order valence-electron chi connectivity index (χ0n) is 13.9. The maximum Gasteiger partial charge on any atom is 0.256 e. The zero-order valence-corrected chi connectivity index (χ0v) is 13.9. The Kier molecular flexibility index (Phi) is 5.83. The number of nitrogens with one attached hydrogen (secondary N) is 1. The largest absolute Gasteiger partial charge is 0.494 e. The summed E-state index contributed by atoms with van der Waals surface area (Å²) in [5.41, 5.74) is 0.0956. The first kappa shape index (κ1) is 16.8. The van der Waals surface area contributed by atoms with E-state index in [-0.39, 0.29) is 5.91 Å². The Morgan fingerprint density at radius 1 is 1.36 bits per heavy atom. The molecule has 4 heteroatoms. The van der Waals surface area contributed by atoms with Crippen LogP contribution in [0.3, 0.4) is 0 Å². The average Bonchev–Trinajstić information content (AvgIpc) is 2.54. The van der Waals surface area contributed by atoms with Crippen LogP contribution in [-0.2, 0) is 9.53 Å². The topological polar surface area (TPSA) is 47.6 Å². The van der Waals surface area contributed by atoms with E-state index in [2.05, 4.69) is 19.2 Å². The van der Waals surface area contributed by atoms with Gasteiger partial charge < -0.3 is 14.8 Å². The van der Waals surface area contributed by atoms with Gasteiger partial charge in [-0.2, -0.15) is 0 Å². The van der Waals surface area contributed by atoms with Gasteiger partial charge in [-0.25, -0.2) is 0 Å². The third-order valence-electron chi connectivity index (χ3n) is 4.35. The van der Waals surface area contributed by atoms with Gasteiger partial charge in [0.2, 0.25) is 0 Å². The average molecular weight is 305 g/mol. The minimum atomic E-state index is -0.685. The third kappa shape index (κ3) is 4.01. The number of hydrogen-bond acceptors (Lipinski definition) is 3. The Labute approximate surface area is 133 Å². The smallest absolute Gasteiger partial charge is 0.256 e. The number of hydrogen-bond donors (Lipinski definition) is 1. The molecule has 0 saturated heterocycles. The van der Waals surface area contributed by atoms with E-state index >= 15 is 0 Å². The first-order chi connectivity index (χ1) is 10.6. The quantitative estimate of drug-likeness (QED) is 0.864. The lowest BCUT2D eigenvalue weighted by Crippen LogP contribution is -2.47. The Morgan fingerprint density at radius 2 is 2.09 bits per heavy atom. The molecular formula is C18H27NO3. The van der Waals surface area contributed by atoms with Crippen molar-refractivity contribution in [3.63, 3.8) is 0 Å². The molecule has 1 saturated carbocycles. The van der Waals surface area contributed by atoms with Crippen LogP contribution in [-0.4, -0.2) is 25.2 Å². The van der Waals surface area contributed by atoms with Crippen LogP contribution in [0.25, 0.3) is 0 Å². The molecule has 0 radical (unpaired) electrons. The predicted molar refractivity (Wildman–Crippen MR) is 88.2 cm³/mol. The Hall–Kier alpha value is -1.55. The van der Waals surface area contributed by atoms with Crippen LogP contribution in [0.15, 0.2) is 24.3 Å². The molecule has 1 amide bonds. The van der Waals surface area contributed by atoms with E-state index < -0.39 is 5.60 Å². The fraction of sp³-hybridized carbons (Fsp3) is 0.611. The summed E-state index contributed by atoms with van der Waals surface area (Å²) < 4.78 is 11.2. The Balaban J connectivity index is 2.00. The number of benzene rings is 1. The maximum absolute atomic E-state index is 12.7. The Morgan fingerprint density at radius 3 is 2.68 bits per heavy atom. The van der Waals surface area contributed by atoms with Gasteiger partial charge in [0.15, 0.2) is 0 Å². The molecule has 1 N–H and O–H groups in total. The van der Waals surface area contributed by atoms with Crippen molar-refractivity contribution in [3.8, 4) is 5.75 Å². The lowest BCUT2D eigenvalue weighted by molar-refractivity contribution is -0.143. The second-order valence-electron chi connectivity index (χ2n) is 6.23. The van der Waals surface area contributed by atoms with Crippen LogP contribution in [0.5, 0.6) is 5.75 Å². The van der Waals surface area contributed by atoms with Crippen molar-refractivity contribution in [2.24, 2.45) is 5.92 Å². The number of carbonyl (C=O) groups is 1. The van der Waals surface area contributed by atoms with Gasteiger partial charge in [-0.05, 0) is 55.9 Å². The molecule has 0 aromatic heterocycles. The molecule has 0 aliphatic heterocycles. The van der Waals surface area contributed by atoms with Crippen molar-refractivity contribution in [1.82, 2.24) is 0 Å². The fourth-order valence-electron chi connectivity index (χ4n) is 3.09. The summed E-state index contributed by atoms with van der Waals surface area (Å²) in [6, 6.07) is 7.51. The molecule has 0 unspecified atom stereocenters. The van der Waals surface area contributed by atoms with Gasteiger partial charge in [0.25, 0.3) is 5.91 Å². The molecule has 22 heavy (non-hydrogen) atoms. The molecule has 4 nitrogen and oxygen atoms in total. The highest BCUT2D eigenvalue weighted by molar-refractivity contribution is 5.97. The zero-order chi connectivity index (χ0) is 16.0. The first-order valence-electron chi connectivity index (χ1n) is 8.19. The predicted octanol–water partition coefficient (Wildman–Crippen LogP) is 4.01. The van der Waals surface area contributed by atoms with Crippen LogP contribution in [0, 0.1) is 5.92 Å². The normalized spacial score (nSPS) is 24.8. The van der Waals surface area contributed by atoms with Gasteiger partial charge >= 0.3 is 0 Å². The number of anilines is 1. The molecule has 1 aromatic carbocycles. The van der Waals surface area contributed by atoms with Gasteiger partial charge in [-0.3, -0.25) is 4.79 Å². The highest BCUT2D eigenvalue weighted by Gasteiger charge is 2.41. The molecule has 122 valence electrons. The van der Waals surface area contributed by atoms with E-state index in [9.17, 15) is 4.79 Å². The summed E-state index contributed by atoms with van der Waals surface area (Å²) in [6.45, 7) is 4.96. The minimum absolute atomic E-state index is 0.0382. The molecule has 1 aliphatic rings. The van der Waals surface area contributed by atoms with Crippen molar-refractivity contribution in [1.29, 1.82) is 0 Å². The Bertz CT molecular complexity index is 486. The number of amides is 1. The highest BCUT2D eigenvalue weighted by atomic mass is 16.5. The lowest BCUT2D eigenvalue weighted by atomic mass is 9.78. The third-order valence-corrected chi connectivity index (χ3v) is 4.35. The van der Waals surface area contributed by atoms with Crippen molar-refractivity contribution in [2.75, 3.05) is 19.0 Å². The van der Waals surface area contributed by atoms with E-state index in [4.69, 9.17) is 9.47 Å². The summed E-state index contributed by atoms with van der Waals surface area (Å²) in [5.74, 6) is 1.31. The fourth-order valence-corrected chi connectivity index (χ4v) is 3.09. The van der Waals surface area contributed by atoms with Crippen molar-refractivity contribution >= 4 is 11.6 Å². The van der Waals surface area contributed by atoms with Crippen LogP contribution in [0.1, 0.15) is 46.0 Å². The van der Waals surface area contributed by atoms with Crippen molar-refractivity contribution in [3.05, 3.63) is 24.3 Å². The van der Waals surface area contributed by atoms with E-state index in [0.29, 0.717) is 12.5 Å². The minimum Gasteiger partial charge on any atom is -0.494 e. The molecule has 1 aromatic rings. The second-order valence-corrected chi connectivity index (χ2v) is 6.23. The summed E-state index contributed by atoms with van der Waals surface area (Å²) >= 11 is 0. The number of ether oxygens (including phenoxy) is 2. The summed E-state index contributed by atoms with van der Waals surface area (Å²) in [5, 5.41) is 2.99. The van der Waals surface area contributed by atoms with Gasteiger partial charge in [0.05, 0.1) is 6.61 Å². The van der Waals surface area contributed by atoms with Gasteiger partial charge in [-0.15, -0.1) is 0 Å². The summed E-state index contributed by atoms with van der Waals surface area (Å²) in [6.07, 6.45) is 4.76. The van der Waals surface area contributed by atoms with E-state index in [1.165, 1.54) is 6.42 Å². The summed E-state index contributed by atoms with van der Waals surface area (Å²) in [4.78, 5) is 12.7. The molecule has 2 atom stereocenters. The number of methoxy groups -OCH3 is 1. The van der Waals surface area contributed by atoms with Crippen molar-refractivity contribution in [2.45, 2.75) is 51.6 Å². The standard InChI is InChI=1S/C18H27NO3/c1-4-12-22-16-9-7-15(8-10-16)19-17(20)18(21-3)11-5-6-14(2)13-18/h7-10,14H,4-6,11-13H2,1-3H3,(H,19,20)/t14-,18-/m0/s1. The molecule has 1 aliphatic carbocycles. The van der Waals surface area contributed by atoms with Gasteiger partial charge in [0, 0.05) is 12.8 Å². The number of rotatable bonds is 6. The SMILES string of the molecule is CCCOc1ccc(NC(=O)[C@]2(OC)CCC[C@H](C)C2)cc1. The molecule has 2 rings (SSSR count). The van der Waals surface area contributed by atoms with Crippen LogP contribution in [0.2, 0.25) is 0 Å². The monoisotopic (exact) mass is 305 g/mol. The van der Waals surface area contributed by atoms with Gasteiger partial charge in [-0.1, -0.05) is 20.3 Å². The van der Waals surface area contributed by atoms with Crippen molar-refractivity contribution < 1.29 is 14.3 Å². The lowest BCUT2D eigenvalue weighted by Gasteiger charge is -2.37. The molecule has 1 fully saturated rings. The highest BCUT2D eigenvalue weighted by Crippen LogP contribution is 2.35. The van der Waals surface area contributed by atoms with E-state index in [0.717, 1.165) is 37.1 Å². The van der Waals surface area contributed by atoms with Crippen LogP contribution in [0.4, 0.5) is 5.69 Å². The summed E-state index contributed by atoms with van der Waals surface area (Å²) in [7, 11) is 1.64. The first-order valence-corrected chi connectivity index (χ1v) is 8.19. The molecule has 0 heterocycles. The number of carbonyl (C=O) groups excluding carboxylic acids is 1. The second kappa shape index (κ2) is 7.63. The molecule has 0 spiro atoms. The van der Waals surface area contributed by atoms with Crippen LogP contribution >= 0.6 is 0 Å². The van der Waals surface area contributed by atoms with Crippen LogP contribution < -0.4 is 10.1 Å². The molecule has 0 bridgehead atoms.